The number of benzene rings is 1. The monoisotopic (exact) mass is 252 g/mol. The number of hydrogen-bond acceptors (Lipinski definition) is 2. The SMILES string of the molecule is CCCC(CC)(CN)N(CC)c1ccc(F)cc1. The molecule has 0 radical (unpaired) electrons. The summed E-state index contributed by atoms with van der Waals surface area (Å²) in [4.78, 5) is 2.32. The van der Waals surface area contributed by atoms with E-state index in [1.807, 2.05) is 12.1 Å². The summed E-state index contributed by atoms with van der Waals surface area (Å²) >= 11 is 0. The largest absolute Gasteiger partial charge is 0.365 e. The summed E-state index contributed by atoms with van der Waals surface area (Å²) < 4.78 is 13.0. The van der Waals surface area contributed by atoms with Crippen LogP contribution in [0.25, 0.3) is 0 Å². The van der Waals surface area contributed by atoms with Crippen LogP contribution in [0.1, 0.15) is 40.0 Å². The third-order valence-electron chi connectivity index (χ3n) is 3.78. The lowest BCUT2D eigenvalue weighted by molar-refractivity contribution is 0.354. The fraction of sp³-hybridized carbons (Fsp3) is 0.600. The molecule has 0 bridgehead atoms. The van der Waals surface area contributed by atoms with E-state index in [9.17, 15) is 4.39 Å². The summed E-state index contributed by atoms with van der Waals surface area (Å²) in [5, 5.41) is 0. The summed E-state index contributed by atoms with van der Waals surface area (Å²) in [5.74, 6) is -0.194. The number of likely N-dealkylation sites (N-methyl/N-ethyl adjacent to an activating group) is 1. The topological polar surface area (TPSA) is 29.3 Å². The Morgan fingerprint density at radius 2 is 1.78 bits per heavy atom. The van der Waals surface area contributed by atoms with E-state index in [-0.39, 0.29) is 11.4 Å². The van der Waals surface area contributed by atoms with Crippen molar-refractivity contribution in [3.05, 3.63) is 30.1 Å². The van der Waals surface area contributed by atoms with E-state index in [0.717, 1.165) is 31.5 Å². The molecule has 1 atom stereocenters. The van der Waals surface area contributed by atoms with Crippen LogP contribution in [0, 0.1) is 5.82 Å². The van der Waals surface area contributed by atoms with Gasteiger partial charge in [-0.2, -0.15) is 0 Å². The van der Waals surface area contributed by atoms with Crippen LogP contribution in [-0.2, 0) is 0 Å². The lowest BCUT2D eigenvalue weighted by atomic mass is 9.88. The first-order chi connectivity index (χ1) is 8.63. The standard InChI is InChI=1S/C15H25FN2/c1-4-11-15(5-2,12-17)18(6-3)14-9-7-13(16)8-10-14/h7-10H,4-6,11-12,17H2,1-3H3. The highest BCUT2D eigenvalue weighted by Gasteiger charge is 2.32. The Labute approximate surface area is 110 Å². The Morgan fingerprint density at radius 3 is 2.17 bits per heavy atom. The molecule has 18 heavy (non-hydrogen) atoms. The van der Waals surface area contributed by atoms with Gasteiger partial charge >= 0.3 is 0 Å². The van der Waals surface area contributed by atoms with Gasteiger partial charge in [-0.15, -0.1) is 0 Å². The molecule has 0 fully saturated rings. The van der Waals surface area contributed by atoms with Crippen molar-refractivity contribution in [3.8, 4) is 0 Å². The van der Waals surface area contributed by atoms with Gasteiger partial charge in [-0.25, -0.2) is 4.39 Å². The Morgan fingerprint density at radius 1 is 1.17 bits per heavy atom. The zero-order chi connectivity index (χ0) is 13.6. The molecular weight excluding hydrogens is 227 g/mol. The van der Waals surface area contributed by atoms with Gasteiger partial charge < -0.3 is 10.6 Å². The zero-order valence-electron chi connectivity index (χ0n) is 11.7. The molecule has 3 heteroatoms. The fourth-order valence-electron chi connectivity index (χ4n) is 2.74. The maximum absolute atomic E-state index is 13.0. The molecule has 0 heterocycles. The Hall–Kier alpha value is -1.09. The summed E-state index contributed by atoms with van der Waals surface area (Å²) in [7, 11) is 0. The molecule has 0 spiro atoms. The van der Waals surface area contributed by atoms with Crippen molar-refractivity contribution in [3.63, 3.8) is 0 Å². The molecule has 0 aromatic heterocycles. The van der Waals surface area contributed by atoms with E-state index in [1.54, 1.807) is 0 Å². The van der Waals surface area contributed by atoms with Crippen molar-refractivity contribution in [2.45, 2.75) is 45.6 Å². The van der Waals surface area contributed by atoms with E-state index in [2.05, 4.69) is 25.7 Å². The van der Waals surface area contributed by atoms with Crippen LogP contribution in [0.5, 0.6) is 0 Å². The van der Waals surface area contributed by atoms with Crippen molar-refractivity contribution in [1.82, 2.24) is 0 Å². The molecule has 1 aromatic rings. The molecular formula is C15H25FN2. The van der Waals surface area contributed by atoms with E-state index in [1.165, 1.54) is 12.1 Å². The third-order valence-corrected chi connectivity index (χ3v) is 3.78. The van der Waals surface area contributed by atoms with Crippen LogP contribution in [-0.4, -0.2) is 18.6 Å². The van der Waals surface area contributed by atoms with Gasteiger partial charge in [0.1, 0.15) is 5.82 Å². The number of nitrogens with zero attached hydrogens (tertiary/aromatic N) is 1. The smallest absolute Gasteiger partial charge is 0.123 e. The van der Waals surface area contributed by atoms with Gasteiger partial charge in [0.05, 0.1) is 5.54 Å². The highest BCUT2D eigenvalue weighted by molar-refractivity contribution is 5.49. The maximum atomic E-state index is 13.0. The van der Waals surface area contributed by atoms with E-state index in [4.69, 9.17) is 5.73 Å². The van der Waals surface area contributed by atoms with Crippen molar-refractivity contribution in [2.75, 3.05) is 18.0 Å². The lowest BCUT2D eigenvalue weighted by Crippen LogP contribution is -2.53. The highest BCUT2D eigenvalue weighted by Crippen LogP contribution is 2.30. The fourth-order valence-corrected chi connectivity index (χ4v) is 2.74. The second-order valence-corrected chi connectivity index (χ2v) is 4.75. The maximum Gasteiger partial charge on any atom is 0.123 e. The predicted molar refractivity (Wildman–Crippen MR) is 76.4 cm³/mol. The molecule has 102 valence electrons. The molecule has 0 aliphatic carbocycles. The minimum Gasteiger partial charge on any atom is -0.365 e. The van der Waals surface area contributed by atoms with E-state index < -0.39 is 0 Å². The summed E-state index contributed by atoms with van der Waals surface area (Å²) in [6.45, 7) is 7.99. The molecule has 1 unspecified atom stereocenters. The van der Waals surface area contributed by atoms with Gasteiger partial charge in [-0.3, -0.25) is 0 Å². The lowest BCUT2D eigenvalue weighted by Gasteiger charge is -2.44. The number of anilines is 1. The second-order valence-electron chi connectivity index (χ2n) is 4.75. The van der Waals surface area contributed by atoms with Crippen LogP contribution < -0.4 is 10.6 Å². The molecule has 0 aliphatic heterocycles. The Kier molecular flexibility index (Phi) is 5.60. The first-order valence-corrected chi connectivity index (χ1v) is 6.86. The van der Waals surface area contributed by atoms with Gasteiger partial charge in [0.15, 0.2) is 0 Å². The molecule has 1 aromatic carbocycles. The summed E-state index contributed by atoms with van der Waals surface area (Å²) in [6.07, 6.45) is 3.16. The van der Waals surface area contributed by atoms with Gasteiger partial charge in [-0.05, 0) is 44.0 Å². The molecule has 0 amide bonds. The third kappa shape index (κ3) is 3.02. The Bertz CT molecular complexity index is 344. The predicted octanol–water partition coefficient (Wildman–Crippen LogP) is 3.56. The van der Waals surface area contributed by atoms with Crippen molar-refractivity contribution in [2.24, 2.45) is 5.73 Å². The van der Waals surface area contributed by atoms with Gasteiger partial charge in [0, 0.05) is 18.8 Å². The van der Waals surface area contributed by atoms with Gasteiger partial charge in [0.25, 0.3) is 0 Å². The first-order valence-electron chi connectivity index (χ1n) is 6.86. The normalized spacial score (nSPS) is 14.3. The molecule has 0 aliphatic rings. The van der Waals surface area contributed by atoms with Crippen molar-refractivity contribution in [1.29, 1.82) is 0 Å². The van der Waals surface area contributed by atoms with Crippen LogP contribution in [0.3, 0.4) is 0 Å². The van der Waals surface area contributed by atoms with Crippen LogP contribution in [0.2, 0.25) is 0 Å². The number of nitrogens with two attached hydrogens (primary N) is 1. The van der Waals surface area contributed by atoms with Crippen LogP contribution in [0.15, 0.2) is 24.3 Å². The summed E-state index contributed by atoms with van der Waals surface area (Å²) in [5.41, 5.74) is 7.07. The van der Waals surface area contributed by atoms with Crippen LogP contribution in [0.4, 0.5) is 10.1 Å². The number of halogens is 1. The average Bonchev–Trinajstić information content (AvgIpc) is 2.40. The number of rotatable bonds is 7. The van der Waals surface area contributed by atoms with Crippen molar-refractivity contribution < 1.29 is 4.39 Å². The average molecular weight is 252 g/mol. The molecule has 0 saturated carbocycles. The Balaban J connectivity index is 3.08. The quantitative estimate of drug-likeness (QED) is 0.804. The van der Waals surface area contributed by atoms with E-state index >= 15 is 0 Å². The first kappa shape index (κ1) is 15.0. The number of hydrogen-bond donors (Lipinski definition) is 1. The minimum atomic E-state index is -0.194. The summed E-state index contributed by atoms with van der Waals surface area (Å²) in [6, 6.07) is 6.71. The molecule has 1 rings (SSSR count). The highest BCUT2D eigenvalue weighted by atomic mass is 19.1. The molecule has 0 saturated heterocycles. The van der Waals surface area contributed by atoms with E-state index in [0.29, 0.717) is 6.54 Å². The van der Waals surface area contributed by atoms with Gasteiger partial charge in [0.2, 0.25) is 0 Å². The second kappa shape index (κ2) is 6.74. The molecule has 2 nitrogen and oxygen atoms in total. The van der Waals surface area contributed by atoms with Crippen LogP contribution >= 0.6 is 0 Å². The minimum absolute atomic E-state index is 0.0126. The van der Waals surface area contributed by atoms with Gasteiger partial charge in [-0.1, -0.05) is 20.3 Å². The van der Waals surface area contributed by atoms with Crippen molar-refractivity contribution >= 4 is 5.69 Å². The molecule has 2 N–H and O–H groups in total. The zero-order valence-corrected chi connectivity index (χ0v) is 11.7.